The first-order valence-corrected chi connectivity index (χ1v) is 7.49. The van der Waals surface area contributed by atoms with Gasteiger partial charge in [-0.1, -0.05) is 12.1 Å². The summed E-state index contributed by atoms with van der Waals surface area (Å²) < 4.78 is 31.6. The maximum atomic E-state index is 13.0. The van der Waals surface area contributed by atoms with E-state index in [4.69, 9.17) is 10.5 Å². The van der Waals surface area contributed by atoms with Gasteiger partial charge in [0, 0.05) is 10.4 Å². The van der Waals surface area contributed by atoms with Gasteiger partial charge in [-0.05, 0) is 29.6 Å². The van der Waals surface area contributed by atoms with E-state index >= 15 is 0 Å². The lowest BCUT2D eigenvalue weighted by molar-refractivity contribution is 0.0118. The molecule has 1 heterocycles. The largest absolute Gasteiger partial charge is 0.488 e. The summed E-state index contributed by atoms with van der Waals surface area (Å²) in [7, 11) is 0. The molecule has 0 spiro atoms. The quantitative estimate of drug-likeness (QED) is 0.795. The number of amides is 1. The molecule has 0 aliphatic heterocycles. The van der Waals surface area contributed by atoms with Crippen LogP contribution in [0.25, 0.3) is 0 Å². The van der Waals surface area contributed by atoms with Crippen molar-refractivity contribution in [3.05, 3.63) is 52.2 Å². The van der Waals surface area contributed by atoms with E-state index in [1.165, 1.54) is 12.1 Å². The molecule has 0 saturated carbocycles. The number of hydrogen-bond donors (Lipinski definition) is 2. The van der Waals surface area contributed by atoms with Crippen LogP contribution in [0.2, 0.25) is 0 Å². The number of alkyl halides is 2. The molecule has 1 aromatic carbocycles. The van der Waals surface area contributed by atoms with Crippen molar-refractivity contribution in [3.8, 4) is 5.75 Å². The standard InChI is InChI=1S/C15H16F2N2O2S.ClH/c16-15(17,9-18)10-19-14(20)11-3-1-4-12(7-11)21-8-13-5-2-6-22-13;/h1-7H,8-10,18H2,(H,19,20);1H. The Morgan fingerprint density at radius 1 is 1.30 bits per heavy atom. The molecule has 23 heavy (non-hydrogen) atoms. The molecule has 0 bridgehead atoms. The molecule has 0 aliphatic rings. The Morgan fingerprint density at radius 3 is 2.74 bits per heavy atom. The Labute approximate surface area is 143 Å². The average Bonchev–Trinajstić information content (AvgIpc) is 3.04. The number of carbonyl (C=O) groups is 1. The predicted octanol–water partition coefficient (Wildman–Crippen LogP) is 3.07. The lowest BCUT2D eigenvalue weighted by atomic mass is 10.2. The molecule has 2 rings (SSSR count). The summed E-state index contributed by atoms with van der Waals surface area (Å²) in [6, 6.07) is 10.3. The highest BCUT2D eigenvalue weighted by atomic mass is 35.5. The fourth-order valence-electron chi connectivity index (χ4n) is 1.66. The van der Waals surface area contributed by atoms with Gasteiger partial charge in [-0.25, -0.2) is 8.78 Å². The van der Waals surface area contributed by atoms with Crippen LogP contribution in [0.1, 0.15) is 15.2 Å². The van der Waals surface area contributed by atoms with Crippen LogP contribution in [0.4, 0.5) is 8.78 Å². The molecule has 1 amide bonds. The highest BCUT2D eigenvalue weighted by Crippen LogP contribution is 2.17. The highest BCUT2D eigenvalue weighted by Gasteiger charge is 2.27. The Hall–Kier alpha value is -1.70. The van der Waals surface area contributed by atoms with E-state index < -0.39 is 24.9 Å². The average molecular weight is 363 g/mol. The van der Waals surface area contributed by atoms with Gasteiger partial charge in [0.2, 0.25) is 0 Å². The molecule has 2 aromatic rings. The third-order valence-corrected chi connectivity index (χ3v) is 3.71. The van der Waals surface area contributed by atoms with Gasteiger partial charge in [-0.3, -0.25) is 4.79 Å². The molecular formula is C15H17ClF2N2O2S. The second-order valence-electron chi connectivity index (χ2n) is 4.64. The zero-order valence-corrected chi connectivity index (χ0v) is 13.8. The molecule has 0 radical (unpaired) electrons. The van der Waals surface area contributed by atoms with Crippen molar-refractivity contribution < 1.29 is 18.3 Å². The van der Waals surface area contributed by atoms with Crippen LogP contribution < -0.4 is 15.8 Å². The minimum atomic E-state index is -3.11. The molecule has 8 heteroatoms. The molecule has 0 atom stereocenters. The fraction of sp³-hybridized carbons (Fsp3) is 0.267. The third kappa shape index (κ3) is 6.13. The summed E-state index contributed by atoms with van der Waals surface area (Å²) in [5, 5.41) is 4.11. The van der Waals surface area contributed by atoms with Crippen LogP contribution in [0.3, 0.4) is 0 Å². The molecular weight excluding hydrogens is 346 g/mol. The first kappa shape index (κ1) is 19.3. The van der Waals surface area contributed by atoms with E-state index in [0.717, 1.165) is 4.88 Å². The lowest BCUT2D eigenvalue weighted by Gasteiger charge is -2.14. The van der Waals surface area contributed by atoms with Crippen LogP contribution in [0, 0.1) is 0 Å². The molecule has 0 aliphatic carbocycles. The van der Waals surface area contributed by atoms with Crippen molar-refractivity contribution in [1.82, 2.24) is 5.32 Å². The number of nitrogens with one attached hydrogen (secondary N) is 1. The molecule has 0 saturated heterocycles. The number of halogens is 3. The summed E-state index contributed by atoms with van der Waals surface area (Å²) in [6.07, 6.45) is 0. The third-order valence-electron chi connectivity index (χ3n) is 2.86. The SMILES string of the molecule is Cl.NCC(F)(F)CNC(=O)c1cccc(OCc2cccs2)c1. The van der Waals surface area contributed by atoms with Gasteiger partial charge in [0.05, 0.1) is 13.1 Å². The summed E-state index contributed by atoms with van der Waals surface area (Å²) in [4.78, 5) is 12.9. The number of benzene rings is 1. The van der Waals surface area contributed by atoms with E-state index in [1.807, 2.05) is 17.5 Å². The Bertz CT molecular complexity index is 624. The van der Waals surface area contributed by atoms with Crippen molar-refractivity contribution in [3.63, 3.8) is 0 Å². The minimum Gasteiger partial charge on any atom is -0.488 e. The van der Waals surface area contributed by atoms with Crippen LogP contribution >= 0.6 is 23.7 Å². The maximum absolute atomic E-state index is 13.0. The van der Waals surface area contributed by atoms with Crippen LogP contribution in [-0.2, 0) is 6.61 Å². The van der Waals surface area contributed by atoms with Gasteiger partial charge >= 0.3 is 0 Å². The van der Waals surface area contributed by atoms with Gasteiger partial charge in [0.15, 0.2) is 0 Å². The van der Waals surface area contributed by atoms with Gasteiger partial charge in [-0.2, -0.15) is 0 Å². The van der Waals surface area contributed by atoms with E-state index in [9.17, 15) is 13.6 Å². The zero-order valence-electron chi connectivity index (χ0n) is 12.1. The molecule has 0 fully saturated rings. The molecule has 126 valence electrons. The van der Waals surface area contributed by atoms with E-state index in [2.05, 4.69) is 5.32 Å². The van der Waals surface area contributed by atoms with Gasteiger partial charge in [-0.15, -0.1) is 23.7 Å². The van der Waals surface area contributed by atoms with Crippen molar-refractivity contribution in [2.24, 2.45) is 5.73 Å². The lowest BCUT2D eigenvalue weighted by Crippen LogP contribution is -2.41. The van der Waals surface area contributed by atoms with Crippen molar-refractivity contribution in [2.45, 2.75) is 12.5 Å². The predicted molar refractivity (Wildman–Crippen MR) is 88.7 cm³/mol. The van der Waals surface area contributed by atoms with Gasteiger partial charge < -0.3 is 15.8 Å². The van der Waals surface area contributed by atoms with Crippen molar-refractivity contribution in [1.29, 1.82) is 0 Å². The van der Waals surface area contributed by atoms with E-state index in [0.29, 0.717) is 12.4 Å². The summed E-state index contributed by atoms with van der Waals surface area (Å²) in [5.41, 5.74) is 5.18. The maximum Gasteiger partial charge on any atom is 0.277 e. The van der Waals surface area contributed by atoms with Crippen molar-refractivity contribution >= 4 is 29.7 Å². The number of nitrogens with two attached hydrogens (primary N) is 1. The first-order valence-electron chi connectivity index (χ1n) is 6.61. The molecule has 3 N–H and O–H groups in total. The normalized spacial score (nSPS) is 10.7. The monoisotopic (exact) mass is 362 g/mol. The number of rotatable bonds is 7. The topological polar surface area (TPSA) is 64.3 Å². The number of ether oxygens (including phenoxy) is 1. The summed E-state index contributed by atoms with van der Waals surface area (Å²) >= 11 is 1.57. The summed E-state index contributed by atoms with van der Waals surface area (Å²) in [5.74, 6) is -3.19. The Balaban J connectivity index is 0.00000264. The number of carbonyl (C=O) groups excluding carboxylic acids is 1. The first-order chi connectivity index (χ1) is 10.5. The Morgan fingerprint density at radius 2 is 2.09 bits per heavy atom. The number of thiophene rings is 1. The van der Waals surface area contributed by atoms with Gasteiger partial charge in [0.25, 0.3) is 11.8 Å². The van der Waals surface area contributed by atoms with Gasteiger partial charge in [0.1, 0.15) is 12.4 Å². The smallest absolute Gasteiger partial charge is 0.277 e. The van der Waals surface area contributed by atoms with Crippen LogP contribution in [-0.4, -0.2) is 24.9 Å². The van der Waals surface area contributed by atoms with Crippen LogP contribution in [0.15, 0.2) is 41.8 Å². The molecule has 1 aromatic heterocycles. The fourth-order valence-corrected chi connectivity index (χ4v) is 2.28. The summed E-state index contributed by atoms with van der Waals surface area (Å²) in [6.45, 7) is -1.20. The second kappa shape index (κ2) is 8.81. The van der Waals surface area contributed by atoms with Crippen LogP contribution in [0.5, 0.6) is 5.75 Å². The zero-order chi connectivity index (χ0) is 16.0. The molecule has 4 nitrogen and oxygen atoms in total. The second-order valence-corrected chi connectivity index (χ2v) is 5.67. The van der Waals surface area contributed by atoms with E-state index in [1.54, 1.807) is 23.5 Å². The van der Waals surface area contributed by atoms with E-state index in [-0.39, 0.29) is 18.0 Å². The van der Waals surface area contributed by atoms with Crippen molar-refractivity contribution in [2.75, 3.05) is 13.1 Å². The molecule has 0 unspecified atom stereocenters. The minimum absolute atomic E-state index is 0. The number of hydrogen-bond acceptors (Lipinski definition) is 4. The highest BCUT2D eigenvalue weighted by molar-refractivity contribution is 7.09. The Kier molecular flexibility index (Phi) is 7.41.